The summed E-state index contributed by atoms with van der Waals surface area (Å²) in [6.07, 6.45) is -2.80. The Morgan fingerprint density at radius 1 is 0.925 bits per heavy atom. The molecule has 0 aliphatic heterocycles. The maximum Gasteiger partial charge on any atom is 0.416 e. The van der Waals surface area contributed by atoms with Crippen LogP contribution in [-0.2, 0) is 23.9 Å². The molecule has 3 aromatic carbocycles. The molecule has 2 N–H and O–H groups in total. The third kappa shape index (κ3) is 8.16. The molecule has 0 saturated heterocycles. The van der Waals surface area contributed by atoms with E-state index in [0.29, 0.717) is 29.9 Å². The molecule has 1 amide bonds. The summed E-state index contributed by atoms with van der Waals surface area (Å²) < 4.78 is 38.9. The Morgan fingerprint density at radius 3 is 2.27 bits per heavy atom. The molecule has 1 aromatic heterocycles. The number of carboxylic acids is 1. The average Bonchev–Trinajstić information content (AvgIpc) is 3.43. The van der Waals surface area contributed by atoms with Crippen molar-refractivity contribution in [2.75, 3.05) is 18.0 Å². The molecule has 0 radical (unpaired) electrons. The van der Waals surface area contributed by atoms with Gasteiger partial charge in [0.1, 0.15) is 0 Å². The standard InChI is InChI=1S/C30H28F3N3O3S/c31-30(32,33)25-14-12-23(13-15-25)26-20-40-29(35-26)36(18-4-7-21-5-2-1-3-6-21)19-22-8-10-24(11-9-22)28(39)34-17-16-27(37)38/h1-3,5-6,8-15,20H,4,7,16-19H2,(H,34,39)(H,37,38). The van der Waals surface area contributed by atoms with Crippen molar-refractivity contribution in [2.24, 2.45) is 0 Å². The van der Waals surface area contributed by atoms with Crippen LogP contribution in [0, 0.1) is 0 Å². The van der Waals surface area contributed by atoms with Crippen LogP contribution in [-0.4, -0.2) is 35.1 Å². The number of rotatable bonds is 12. The molecule has 0 unspecified atom stereocenters. The Morgan fingerprint density at radius 2 is 1.62 bits per heavy atom. The summed E-state index contributed by atoms with van der Waals surface area (Å²) in [7, 11) is 0. The second-order valence-electron chi connectivity index (χ2n) is 9.20. The van der Waals surface area contributed by atoms with Gasteiger partial charge in [-0.15, -0.1) is 11.3 Å². The lowest BCUT2D eigenvalue weighted by Crippen LogP contribution is -2.26. The summed E-state index contributed by atoms with van der Waals surface area (Å²) in [6, 6.07) is 22.2. The maximum absolute atomic E-state index is 13.0. The van der Waals surface area contributed by atoms with E-state index in [0.717, 1.165) is 35.7 Å². The summed E-state index contributed by atoms with van der Waals surface area (Å²) in [5.41, 5.74) is 3.13. The van der Waals surface area contributed by atoms with Gasteiger partial charge in [0.15, 0.2) is 5.13 Å². The number of halogens is 3. The highest BCUT2D eigenvalue weighted by Gasteiger charge is 2.30. The van der Waals surface area contributed by atoms with E-state index in [4.69, 9.17) is 10.1 Å². The van der Waals surface area contributed by atoms with Crippen molar-refractivity contribution in [3.8, 4) is 11.3 Å². The minimum absolute atomic E-state index is 0.0520. The number of carbonyl (C=O) groups is 2. The predicted octanol–water partition coefficient (Wildman–Crippen LogP) is 6.67. The molecule has 0 atom stereocenters. The molecule has 40 heavy (non-hydrogen) atoms. The largest absolute Gasteiger partial charge is 0.481 e. The molecule has 0 spiro atoms. The Bertz CT molecular complexity index is 1410. The third-order valence-corrected chi connectivity index (χ3v) is 7.12. The lowest BCUT2D eigenvalue weighted by molar-refractivity contribution is -0.138. The van der Waals surface area contributed by atoms with E-state index in [-0.39, 0.29) is 18.9 Å². The Kier molecular flexibility index (Phi) is 9.55. The number of benzene rings is 3. The first-order valence-electron chi connectivity index (χ1n) is 12.7. The van der Waals surface area contributed by atoms with Crippen molar-refractivity contribution >= 4 is 28.3 Å². The van der Waals surface area contributed by atoms with Crippen molar-refractivity contribution in [1.82, 2.24) is 10.3 Å². The minimum Gasteiger partial charge on any atom is -0.481 e. The normalized spacial score (nSPS) is 11.3. The van der Waals surface area contributed by atoms with Crippen LogP contribution in [0.15, 0.2) is 84.2 Å². The monoisotopic (exact) mass is 567 g/mol. The molecule has 10 heteroatoms. The SMILES string of the molecule is O=C(O)CCNC(=O)c1ccc(CN(CCCc2ccccc2)c2nc(-c3ccc(C(F)(F)F)cc3)cs2)cc1. The molecular formula is C30H28F3N3O3S. The number of anilines is 1. The quantitative estimate of drug-likeness (QED) is 0.200. The van der Waals surface area contributed by atoms with Gasteiger partial charge < -0.3 is 15.3 Å². The number of aliphatic carboxylic acids is 1. The van der Waals surface area contributed by atoms with Gasteiger partial charge in [-0.3, -0.25) is 9.59 Å². The fourth-order valence-corrected chi connectivity index (χ4v) is 4.96. The maximum atomic E-state index is 13.0. The van der Waals surface area contributed by atoms with Gasteiger partial charge in [0.2, 0.25) is 0 Å². The molecule has 1 heterocycles. The smallest absolute Gasteiger partial charge is 0.416 e. The first-order chi connectivity index (χ1) is 19.2. The van der Waals surface area contributed by atoms with Crippen molar-refractivity contribution < 1.29 is 27.9 Å². The van der Waals surface area contributed by atoms with Gasteiger partial charge in [0, 0.05) is 36.1 Å². The number of carboxylic acid groups (broad SMARTS) is 1. The van der Waals surface area contributed by atoms with Crippen LogP contribution >= 0.6 is 11.3 Å². The van der Waals surface area contributed by atoms with Crippen molar-refractivity contribution in [2.45, 2.75) is 32.0 Å². The second kappa shape index (κ2) is 13.3. The van der Waals surface area contributed by atoms with Gasteiger partial charge in [-0.2, -0.15) is 13.2 Å². The van der Waals surface area contributed by atoms with E-state index >= 15 is 0 Å². The lowest BCUT2D eigenvalue weighted by Gasteiger charge is -2.22. The van der Waals surface area contributed by atoms with Crippen molar-refractivity contribution in [3.63, 3.8) is 0 Å². The zero-order valence-electron chi connectivity index (χ0n) is 21.5. The zero-order chi connectivity index (χ0) is 28.5. The Balaban J connectivity index is 1.48. The highest BCUT2D eigenvalue weighted by Crippen LogP contribution is 2.33. The van der Waals surface area contributed by atoms with Gasteiger partial charge in [-0.05, 0) is 48.2 Å². The molecule has 4 aromatic rings. The van der Waals surface area contributed by atoms with E-state index in [2.05, 4.69) is 22.3 Å². The fraction of sp³-hybridized carbons (Fsp3) is 0.233. The van der Waals surface area contributed by atoms with Crippen LogP contribution in [0.3, 0.4) is 0 Å². The van der Waals surface area contributed by atoms with Gasteiger partial charge in [0.25, 0.3) is 5.91 Å². The lowest BCUT2D eigenvalue weighted by atomic mass is 10.1. The highest BCUT2D eigenvalue weighted by molar-refractivity contribution is 7.14. The highest BCUT2D eigenvalue weighted by atomic mass is 32.1. The predicted molar refractivity (Wildman–Crippen MR) is 149 cm³/mol. The second-order valence-corrected chi connectivity index (χ2v) is 10.0. The third-order valence-electron chi connectivity index (χ3n) is 6.22. The summed E-state index contributed by atoms with van der Waals surface area (Å²) >= 11 is 1.43. The van der Waals surface area contributed by atoms with Crippen LogP contribution in [0.2, 0.25) is 0 Å². The number of hydrogen-bond donors (Lipinski definition) is 2. The first-order valence-corrected chi connectivity index (χ1v) is 13.6. The summed E-state index contributed by atoms with van der Waals surface area (Å²) in [5, 5.41) is 13.9. The van der Waals surface area contributed by atoms with Gasteiger partial charge in [-0.1, -0.05) is 54.6 Å². The summed E-state index contributed by atoms with van der Waals surface area (Å²) in [6.45, 7) is 1.28. The number of thiazole rings is 1. The van der Waals surface area contributed by atoms with E-state index in [1.54, 1.807) is 12.1 Å². The number of hydrogen-bond acceptors (Lipinski definition) is 5. The topological polar surface area (TPSA) is 82.5 Å². The Labute approximate surface area is 234 Å². The van der Waals surface area contributed by atoms with E-state index < -0.39 is 17.7 Å². The van der Waals surface area contributed by atoms with Gasteiger partial charge in [-0.25, -0.2) is 4.98 Å². The zero-order valence-corrected chi connectivity index (χ0v) is 22.3. The summed E-state index contributed by atoms with van der Waals surface area (Å²) in [5.74, 6) is -1.32. The van der Waals surface area contributed by atoms with Crippen LogP contribution in [0.4, 0.5) is 18.3 Å². The molecular weight excluding hydrogens is 539 g/mol. The number of carbonyl (C=O) groups excluding carboxylic acids is 1. The van der Waals surface area contributed by atoms with E-state index in [1.807, 2.05) is 35.7 Å². The first kappa shape index (κ1) is 28.8. The van der Waals surface area contributed by atoms with Crippen molar-refractivity contribution in [3.05, 3.63) is 106 Å². The fourth-order valence-electron chi connectivity index (χ4n) is 4.10. The molecule has 0 saturated carbocycles. The van der Waals surface area contributed by atoms with E-state index in [9.17, 15) is 22.8 Å². The molecule has 6 nitrogen and oxygen atoms in total. The molecule has 0 fully saturated rings. The van der Waals surface area contributed by atoms with Gasteiger partial charge >= 0.3 is 12.1 Å². The van der Waals surface area contributed by atoms with Crippen LogP contribution in [0.1, 0.15) is 39.9 Å². The molecule has 0 bridgehead atoms. The average molecular weight is 568 g/mol. The minimum atomic E-state index is -4.39. The number of amides is 1. The molecule has 0 aliphatic carbocycles. The van der Waals surface area contributed by atoms with Crippen LogP contribution < -0.4 is 10.2 Å². The molecule has 208 valence electrons. The van der Waals surface area contributed by atoms with Crippen LogP contribution in [0.5, 0.6) is 0 Å². The van der Waals surface area contributed by atoms with E-state index in [1.165, 1.54) is 29.0 Å². The van der Waals surface area contributed by atoms with Crippen molar-refractivity contribution in [1.29, 1.82) is 0 Å². The molecule has 4 rings (SSSR count). The number of alkyl halides is 3. The number of nitrogens with one attached hydrogen (secondary N) is 1. The van der Waals surface area contributed by atoms with Crippen LogP contribution in [0.25, 0.3) is 11.3 Å². The van der Waals surface area contributed by atoms with Gasteiger partial charge in [0.05, 0.1) is 17.7 Å². The molecule has 0 aliphatic rings. The number of aryl methyl sites for hydroxylation is 1. The number of aromatic nitrogens is 1. The number of nitrogens with zero attached hydrogens (tertiary/aromatic N) is 2. The Hall–Kier alpha value is -4.18. The summed E-state index contributed by atoms with van der Waals surface area (Å²) in [4.78, 5) is 29.8.